The molecule has 0 aliphatic heterocycles. The summed E-state index contributed by atoms with van der Waals surface area (Å²) in [5, 5.41) is 15.4. The summed E-state index contributed by atoms with van der Waals surface area (Å²) < 4.78 is 1.96. The standard InChI is InChI=1S/C18H26N2O/c1-6-7-12-20-15(14-10-8-13(2)9-11-14)16(21)17(19-20)18(3,4)5/h8-11,21H,6-7,12H2,1-5H3. The molecule has 0 bridgehead atoms. The Kier molecular flexibility index (Phi) is 4.40. The van der Waals surface area contributed by atoms with Gasteiger partial charge >= 0.3 is 0 Å². The van der Waals surface area contributed by atoms with Gasteiger partial charge in [0.25, 0.3) is 0 Å². The predicted octanol–water partition coefficient (Wildman–Crippen LogP) is 4.66. The zero-order valence-electron chi connectivity index (χ0n) is 13.8. The van der Waals surface area contributed by atoms with Crippen LogP contribution >= 0.6 is 0 Å². The van der Waals surface area contributed by atoms with Gasteiger partial charge in [0.2, 0.25) is 0 Å². The highest BCUT2D eigenvalue weighted by molar-refractivity contribution is 5.68. The van der Waals surface area contributed by atoms with E-state index in [9.17, 15) is 5.11 Å². The van der Waals surface area contributed by atoms with E-state index in [4.69, 9.17) is 0 Å². The zero-order chi connectivity index (χ0) is 15.6. The van der Waals surface area contributed by atoms with Gasteiger partial charge in [-0.25, -0.2) is 0 Å². The second-order valence-corrected chi connectivity index (χ2v) is 6.74. The highest BCUT2D eigenvalue weighted by atomic mass is 16.3. The quantitative estimate of drug-likeness (QED) is 0.887. The number of benzene rings is 1. The van der Waals surface area contributed by atoms with E-state index in [2.05, 4.69) is 64.0 Å². The molecule has 0 amide bonds. The third kappa shape index (κ3) is 3.29. The lowest BCUT2D eigenvalue weighted by atomic mass is 9.91. The third-order valence-electron chi connectivity index (χ3n) is 3.69. The van der Waals surface area contributed by atoms with Crippen molar-refractivity contribution in [3.8, 4) is 17.0 Å². The fraction of sp³-hybridized carbons (Fsp3) is 0.500. The Balaban J connectivity index is 2.56. The fourth-order valence-corrected chi connectivity index (χ4v) is 2.42. The second kappa shape index (κ2) is 5.92. The molecule has 1 N–H and O–H groups in total. The van der Waals surface area contributed by atoms with E-state index in [0.29, 0.717) is 5.75 Å². The van der Waals surface area contributed by atoms with E-state index in [0.717, 1.165) is 36.3 Å². The number of unbranched alkanes of at least 4 members (excludes halogenated alkanes) is 1. The maximum Gasteiger partial charge on any atom is 0.165 e. The molecular weight excluding hydrogens is 260 g/mol. The molecule has 0 aliphatic rings. The van der Waals surface area contributed by atoms with Gasteiger partial charge in [-0.3, -0.25) is 4.68 Å². The highest BCUT2D eigenvalue weighted by Crippen LogP contribution is 2.38. The molecule has 0 atom stereocenters. The van der Waals surface area contributed by atoms with Crippen molar-refractivity contribution in [2.24, 2.45) is 0 Å². The van der Waals surface area contributed by atoms with Crippen LogP contribution in [-0.2, 0) is 12.0 Å². The SMILES string of the molecule is CCCCn1nc(C(C)(C)C)c(O)c1-c1ccc(C)cc1. The predicted molar refractivity (Wildman–Crippen MR) is 87.7 cm³/mol. The molecule has 0 unspecified atom stereocenters. The van der Waals surface area contributed by atoms with E-state index in [1.807, 2.05) is 4.68 Å². The third-order valence-corrected chi connectivity index (χ3v) is 3.69. The summed E-state index contributed by atoms with van der Waals surface area (Å²) in [6.07, 6.45) is 2.17. The van der Waals surface area contributed by atoms with E-state index >= 15 is 0 Å². The molecule has 0 fully saturated rings. The maximum atomic E-state index is 10.7. The Morgan fingerprint density at radius 3 is 2.29 bits per heavy atom. The van der Waals surface area contributed by atoms with Crippen molar-refractivity contribution < 1.29 is 5.11 Å². The fourth-order valence-electron chi connectivity index (χ4n) is 2.42. The number of aromatic hydroxyl groups is 1. The van der Waals surface area contributed by atoms with Gasteiger partial charge in [-0.05, 0) is 13.3 Å². The molecule has 1 aromatic heterocycles. The molecule has 0 aliphatic carbocycles. The van der Waals surface area contributed by atoms with Crippen LogP contribution in [0, 0.1) is 6.92 Å². The van der Waals surface area contributed by atoms with Gasteiger partial charge in [0.05, 0.1) is 0 Å². The Labute approximate surface area is 127 Å². The molecule has 0 radical (unpaired) electrons. The first-order chi connectivity index (χ1) is 9.84. The Morgan fingerprint density at radius 2 is 1.76 bits per heavy atom. The van der Waals surface area contributed by atoms with Crippen molar-refractivity contribution in [1.29, 1.82) is 0 Å². The summed E-state index contributed by atoms with van der Waals surface area (Å²) in [4.78, 5) is 0. The van der Waals surface area contributed by atoms with Gasteiger partial charge in [0.15, 0.2) is 5.75 Å². The van der Waals surface area contributed by atoms with Gasteiger partial charge in [-0.2, -0.15) is 5.10 Å². The molecule has 0 saturated heterocycles. The number of rotatable bonds is 4. The van der Waals surface area contributed by atoms with Gasteiger partial charge in [-0.1, -0.05) is 63.9 Å². The lowest BCUT2D eigenvalue weighted by molar-refractivity contribution is 0.445. The number of hydrogen-bond donors (Lipinski definition) is 1. The first-order valence-electron chi connectivity index (χ1n) is 7.72. The number of hydrogen-bond acceptors (Lipinski definition) is 2. The molecule has 1 aromatic carbocycles. The summed E-state index contributed by atoms with van der Waals surface area (Å²) in [5.41, 5.74) is 3.69. The zero-order valence-corrected chi connectivity index (χ0v) is 13.8. The summed E-state index contributed by atoms with van der Waals surface area (Å²) in [7, 11) is 0. The average molecular weight is 286 g/mol. The van der Waals surface area contributed by atoms with Crippen LogP contribution in [0.1, 0.15) is 51.8 Å². The Bertz CT molecular complexity index is 603. The molecule has 3 nitrogen and oxygen atoms in total. The molecule has 0 saturated carbocycles. The van der Waals surface area contributed by atoms with E-state index in [1.165, 1.54) is 5.56 Å². The Hall–Kier alpha value is -1.77. The van der Waals surface area contributed by atoms with Gasteiger partial charge in [0, 0.05) is 17.5 Å². The van der Waals surface area contributed by atoms with Crippen molar-refractivity contribution in [3.63, 3.8) is 0 Å². The second-order valence-electron chi connectivity index (χ2n) is 6.74. The lowest BCUT2D eigenvalue weighted by Crippen LogP contribution is -2.13. The van der Waals surface area contributed by atoms with E-state index < -0.39 is 0 Å². The largest absolute Gasteiger partial charge is 0.504 e. The Morgan fingerprint density at radius 1 is 1.14 bits per heavy atom. The molecule has 3 heteroatoms. The van der Waals surface area contributed by atoms with Gasteiger partial charge < -0.3 is 5.11 Å². The first kappa shape index (κ1) is 15.6. The van der Waals surface area contributed by atoms with E-state index in [-0.39, 0.29) is 5.41 Å². The first-order valence-corrected chi connectivity index (χ1v) is 7.72. The van der Waals surface area contributed by atoms with Crippen LogP contribution in [-0.4, -0.2) is 14.9 Å². The number of nitrogens with zero attached hydrogens (tertiary/aromatic N) is 2. The summed E-state index contributed by atoms with van der Waals surface area (Å²) in [5.74, 6) is 0.322. The van der Waals surface area contributed by atoms with Crippen molar-refractivity contribution in [2.45, 2.75) is 59.4 Å². The van der Waals surface area contributed by atoms with Crippen LogP contribution in [0.2, 0.25) is 0 Å². The molecule has 21 heavy (non-hydrogen) atoms. The van der Waals surface area contributed by atoms with Gasteiger partial charge in [0.1, 0.15) is 11.4 Å². The molecule has 2 aromatic rings. The normalized spacial score (nSPS) is 11.9. The topological polar surface area (TPSA) is 38.0 Å². The van der Waals surface area contributed by atoms with Crippen molar-refractivity contribution in [1.82, 2.24) is 9.78 Å². The van der Waals surface area contributed by atoms with Crippen LogP contribution < -0.4 is 0 Å². The van der Waals surface area contributed by atoms with Crippen molar-refractivity contribution >= 4 is 0 Å². The molecule has 2 rings (SSSR count). The van der Waals surface area contributed by atoms with Crippen LogP contribution in [0.15, 0.2) is 24.3 Å². The van der Waals surface area contributed by atoms with Crippen LogP contribution in [0.5, 0.6) is 5.75 Å². The minimum Gasteiger partial charge on any atom is -0.504 e. The maximum absolute atomic E-state index is 10.7. The summed E-state index contributed by atoms with van der Waals surface area (Å²) >= 11 is 0. The van der Waals surface area contributed by atoms with Crippen LogP contribution in [0.4, 0.5) is 0 Å². The number of aryl methyl sites for hydroxylation is 2. The van der Waals surface area contributed by atoms with Crippen LogP contribution in [0.3, 0.4) is 0 Å². The molecular formula is C18H26N2O. The highest BCUT2D eigenvalue weighted by Gasteiger charge is 2.27. The lowest BCUT2D eigenvalue weighted by Gasteiger charge is -2.15. The average Bonchev–Trinajstić information content (AvgIpc) is 2.74. The smallest absolute Gasteiger partial charge is 0.165 e. The van der Waals surface area contributed by atoms with Crippen LogP contribution in [0.25, 0.3) is 11.3 Å². The minimum atomic E-state index is -0.166. The minimum absolute atomic E-state index is 0.166. The summed E-state index contributed by atoms with van der Waals surface area (Å²) in [6, 6.07) is 8.26. The molecule has 1 heterocycles. The molecule has 114 valence electrons. The van der Waals surface area contributed by atoms with Crippen molar-refractivity contribution in [3.05, 3.63) is 35.5 Å². The summed E-state index contributed by atoms with van der Waals surface area (Å²) in [6.45, 7) is 11.3. The number of aromatic nitrogens is 2. The molecule has 0 spiro atoms. The van der Waals surface area contributed by atoms with Gasteiger partial charge in [-0.15, -0.1) is 0 Å². The van der Waals surface area contributed by atoms with E-state index in [1.54, 1.807) is 0 Å². The monoisotopic (exact) mass is 286 g/mol. The van der Waals surface area contributed by atoms with Crippen molar-refractivity contribution in [2.75, 3.05) is 0 Å².